The van der Waals surface area contributed by atoms with Crippen molar-refractivity contribution in [2.24, 2.45) is 0 Å². The van der Waals surface area contributed by atoms with Gasteiger partial charge < -0.3 is 0 Å². The fourth-order valence-corrected chi connectivity index (χ4v) is 0.884. The molecule has 0 aliphatic rings. The minimum atomic E-state index is 1.32. The van der Waals surface area contributed by atoms with Crippen LogP contribution in [-0.4, -0.2) is 5.14 Å². The molecule has 0 aliphatic heterocycles. The van der Waals surface area contributed by atoms with Crippen LogP contribution in [0.5, 0.6) is 0 Å². The Hall–Kier alpha value is 0.795. The molecule has 0 spiro atoms. The maximum Gasteiger partial charge on any atom is 0.200 e. The minimum absolute atomic E-state index is 1.32. The lowest BCUT2D eigenvalue weighted by Gasteiger charge is -1.83. The molecule has 0 saturated carbocycles. The van der Waals surface area contributed by atoms with Crippen molar-refractivity contribution in [2.45, 2.75) is 26.1 Å². The van der Waals surface area contributed by atoms with Gasteiger partial charge >= 0.3 is 0 Å². The molecule has 0 aromatic carbocycles. The van der Waals surface area contributed by atoms with E-state index in [0.717, 1.165) is 0 Å². The van der Waals surface area contributed by atoms with E-state index in [4.69, 9.17) is 0 Å². The van der Waals surface area contributed by atoms with Crippen molar-refractivity contribution in [3.05, 3.63) is 0 Å². The maximum atomic E-state index is 2.41. The molecule has 0 bridgehead atoms. The summed E-state index contributed by atoms with van der Waals surface area (Å²) in [5, 5.41) is 1.32. The van der Waals surface area contributed by atoms with Gasteiger partial charge in [0.15, 0.2) is 5.14 Å². The molecule has 2 heteroatoms. The minimum Gasteiger partial charge on any atom is -0.155 e. The van der Waals surface area contributed by atoms with Crippen molar-refractivity contribution >= 4 is 27.5 Å². The number of halogens is 1. The SMILES string of the molecule is CCCCBI. The molecule has 0 aromatic heterocycles. The number of unbranched alkanes of at least 4 members (excludes halogenated alkanes) is 1. The van der Waals surface area contributed by atoms with E-state index in [1.807, 2.05) is 0 Å². The summed E-state index contributed by atoms with van der Waals surface area (Å²) in [6.45, 7) is 2.23. The Labute approximate surface area is 53.8 Å². The second-order valence-electron chi connectivity index (χ2n) is 1.40. The topological polar surface area (TPSA) is 0 Å². The average molecular weight is 196 g/mol. The monoisotopic (exact) mass is 196 g/mol. The highest BCUT2D eigenvalue weighted by atomic mass is 127. The largest absolute Gasteiger partial charge is 0.200 e. The van der Waals surface area contributed by atoms with Crippen molar-refractivity contribution in [1.82, 2.24) is 0 Å². The van der Waals surface area contributed by atoms with Crippen LogP contribution in [-0.2, 0) is 0 Å². The molecule has 0 nitrogen and oxygen atoms in total. The van der Waals surface area contributed by atoms with E-state index in [2.05, 4.69) is 29.3 Å². The Balaban J connectivity index is 2.34. The van der Waals surface area contributed by atoms with Crippen LogP contribution < -0.4 is 0 Å². The number of hydrogen-bond acceptors (Lipinski definition) is 0. The molecule has 6 heavy (non-hydrogen) atoms. The Morgan fingerprint density at radius 2 is 2.33 bits per heavy atom. The first-order valence-electron chi connectivity index (χ1n) is 2.47. The highest BCUT2D eigenvalue weighted by Gasteiger charge is 1.79. The zero-order valence-corrected chi connectivity index (χ0v) is 6.36. The zero-order chi connectivity index (χ0) is 4.83. The van der Waals surface area contributed by atoms with Gasteiger partial charge in [0.2, 0.25) is 0 Å². The Morgan fingerprint density at radius 1 is 1.67 bits per heavy atom. The van der Waals surface area contributed by atoms with Gasteiger partial charge in [-0.05, 0) is 0 Å². The third kappa shape index (κ3) is 4.79. The molecule has 0 atom stereocenters. The summed E-state index contributed by atoms with van der Waals surface area (Å²) in [6.07, 6.45) is 4.16. The maximum absolute atomic E-state index is 2.41. The summed E-state index contributed by atoms with van der Waals surface area (Å²) in [5.74, 6) is 0. The van der Waals surface area contributed by atoms with E-state index in [0.29, 0.717) is 0 Å². The average Bonchev–Trinajstić information content (AvgIpc) is 1.61. The van der Waals surface area contributed by atoms with E-state index in [9.17, 15) is 0 Å². The Bertz CT molecular complexity index is 19.5. The Kier molecular flexibility index (Phi) is 6.56. The molecule has 0 aliphatic carbocycles. The summed E-state index contributed by atoms with van der Waals surface area (Å²) < 4.78 is 0. The second kappa shape index (κ2) is 5.79. The fraction of sp³-hybridized carbons (Fsp3) is 1.00. The van der Waals surface area contributed by atoms with Gasteiger partial charge in [-0.2, -0.15) is 22.4 Å². The van der Waals surface area contributed by atoms with Crippen molar-refractivity contribution in [3.8, 4) is 0 Å². The third-order valence-corrected chi connectivity index (χ3v) is 1.50. The molecule has 0 radical (unpaired) electrons. The summed E-state index contributed by atoms with van der Waals surface area (Å²) in [5.41, 5.74) is 0. The van der Waals surface area contributed by atoms with Gasteiger partial charge in [-0.25, -0.2) is 0 Å². The predicted octanol–water partition coefficient (Wildman–Crippen LogP) is 1.99. The van der Waals surface area contributed by atoms with Gasteiger partial charge in [-0.3, -0.25) is 0 Å². The molecule has 0 saturated heterocycles. The van der Waals surface area contributed by atoms with Gasteiger partial charge in [0.25, 0.3) is 0 Å². The van der Waals surface area contributed by atoms with Gasteiger partial charge in [-0.1, -0.05) is 26.1 Å². The van der Waals surface area contributed by atoms with Gasteiger partial charge in [0.05, 0.1) is 0 Å². The van der Waals surface area contributed by atoms with Crippen molar-refractivity contribution in [1.29, 1.82) is 0 Å². The van der Waals surface area contributed by atoms with Crippen molar-refractivity contribution in [3.63, 3.8) is 0 Å². The van der Waals surface area contributed by atoms with Crippen LogP contribution in [0.4, 0.5) is 0 Å². The zero-order valence-electron chi connectivity index (χ0n) is 4.21. The van der Waals surface area contributed by atoms with E-state index in [1.54, 1.807) is 0 Å². The van der Waals surface area contributed by atoms with Crippen LogP contribution in [0.2, 0.25) is 6.32 Å². The second-order valence-corrected chi connectivity index (χ2v) is 2.47. The number of hydrogen-bond donors (Lipinski definition) is 0. The van der Waals surface area contributed by atoms with Crippen LogP contribution >= 0.6 is 22.4 Å². The predicted molar refractivity (Wildman–Crippen MR) is 40.9 cm³/mol. The van der Waals surface area contributed by atoms with Crippen molar-refractivity contribution in [2.75, 3.05) is 0 Å². The first kappa shape index (κ1) is 6.79. The van der Waals surface area contributed by atoms with Crippen molar-refractivity contribution < 1.29 is 0 Å². The first-order valence-corrected chi connectivity index (χ1v) is 4.00. The molecule has 0 N–H and O–H groups in total. The standard InChI is InChI=1S/C4H10BI/c1-2-3-4-5-6/h5H,2-4H2,1H3. The summed E-state index contributed by atoms with van der Waals surface area (Å²) in [4.78, 5) is 0. The van der Waals surface area contributed by atoms with Crippen LogP contribution in [0.15, 0.2) is 0 Å². The summed E-state index contributed by atoms with van der Waals surface area (Å²) in [7, 11) is 0. The molecular formula is C4H10BI. The lowest BCUT2D eigenvalue weighted by molar-refractivity contribution is 0.883. The fourth-order valence-electron chi connectivity index (χ4n) is 0.344. The highest BCUT2D eigenvalue weighted by molar-refractivity contribution is 14.1. The van der Waals surface area contributed by atoms with Crippen LogP contribution in [0.1, 0.15) is 19.8 Å². The molecule has 0 rings (SSSR count). The van der Waals surface area contributed by atoms with Gasteiger partial charge in [0.1, 0.15) is 0 Å². The highest BCUT2D eigenvalue weighted by Crippen LogP contribution is 1.95. The van der Waals surface area contributed by atoms with Gasteiger partial charge in [0, 0.05) is 0 Å². The van der Waals surface area contributed by atoms with Crippen LogP contribution in [0.25, 0.3) is 0 Å². The lowest BCUT2D eigenvalue weighted by atomic mass is 10.0. The lowest BCUT2D eigenvalue weighted by Crippen LogP contribution is -1.72. The Morgan fingerprint density at radius 3 is 2.50 bits per heavy atom. The smallest absolute Gasteiger partial charge is 0.155 e. The van der Waals surface area contributed by atoms with Gasteiger partial charge in [-0.15, -0.1) is 0 Å². The molecule has 0 unspecified atom stereocenters. The van der Waals surface area contributed by atoms with Crippen LogP contribution in [0, 0.1) is 0 Å². The molecule has 0 heterocycles. The summed E-state index contributed by atoms with van der Waals surface area (Å²) in [6, 6.07) is 0. The molecule has 36 valence electrons. The number of rotatable bonds is 3. The third-order valence-electron chi connectivity index (χ3n) is 0.737. The van der Waals surface area contributed by atoms with Crippen LogP contribution in [0.3, 0.4) is 0 Å². The van der Waals surface area contributed by atoms with E-state index < -0.39 is 0 Å². The van der Waals surface area contributed by atoms with E-state index in [-0.39, 0.29) is 0 Å². The molecular weight excluding hydrogens is 186 g/mol. The van der Waals surface area contributed by atoms with E-state index >= 15 is 0 Å². The quantitative estimate of drug-likeness (QED) is 0.367. The molecule has 0 fully saturated rings. The first-order chi connectivity index (χ1) is 2.91. The summed E-state index contributed by atoms with van der Waals surface area (Å²) >= 11 is 2.41. The normalized spacial score (nSPS) is 8.33. The molecule has 0 amide bonds. The van der Waals surface area contributed by atoms with E-state index in [1.165, 1.54) is 24.3 Å². The molecule has 0 aromatic rings.